The Morgan fingerprint density at radius 2 is 1.73 bits per heavy atom. The van der Waals surface area contributed by atoms with Crippen LogP contribution in [0, 0.1) is 13.8 Å². The summed E-state index contributed by atoms with van der Waals surface area (Å²) in [5, 5.41) is 9.60. The van der Waals surface area contributed by atoms with Crippen molar-refractivity contribution in [1.82, 2.24) is 24.8 Å². The van der Waals surface area contributed by atoms with Crippen molar-refractivity contribution in [3.8, 4) is 5.69 Å². The molecule has 220 valence electrons. The standard InChI is InChI=1S/C29H34Cl3N5O4/c1-17-9-19(10-18(2)23(17)15-35(6)28(39)41-29(3,4)5)27(38)36-7-8-40-16-22(36)13-21-14-37(34-33-21)26-24(31)11-20(30)12-25(26)32/h9-12,14,22H,7-8,13,15-16H2,1-6H3. The van der Waals surface area contributed by atoms with Crippen molar-refractivity contribution in [2.24, 2.45) is 0 Å². The lowest BCUT2D eigenvalue weighted by atomic mass is 9.97. The Kier molecular flexibility index (Phi) is 9.53. The smallest absolute Gasteiger partial charge is 0.410 e. The van der Waals surface area contributed by atoms with Gasteiger partial charge in [-0.25, -0.2) is 9.48 Å². The summed E-state index contributed by atoms with van der Waals surface area (Å²) in [5.41, 5.74) is 3.97. The first-order chi connectivity index (χ1) is 19.2. The van der Waals surface area contributed by atoms with Gasteiger partial charge in [0.2, 0.25) is 0 Å². The molecule has 2 aromatic carbocycles. The quantitative estimate of drug-likeness (QED) is 0.321. The average molecular weight is 623 g/mol. The van der Waals surface area contributed by atoms with E-state index in [0.29, 0.717) is 64.7 Å². The summed E-state index contributed by atoms with van der Waals surface area (Å²) >= 11 is 18.7. The largest absolute Gasteiger partial charge is 0.444 e. The fourth-order valence-electron chi connectivity index (χ4n) is 4.76. The Labute approximate surface area is 255 Å². The maximum atomic E-state index is 13.7. The highest BCUT2D eigenvalue weighted by Crippen LogP contribution is 2.32. The third kappa shape index (κ3) is 7.52. The molecule has 41 heavy (non-hydrogen) atoms. The van der Waals surface area contributed by atoms with Gasteiger partial charge < -0.3 is 19.3 Å². The maximum absolute atomic E-state index is 13.7. The first-order valence-corrected chi connectivity index (χ1v) is 14.4. The number of amides is 2. The zero-order valence-corrected chi connectivity index (χ0v) is 26.3. The number of aromatic nitrogens is 3. The molecule has 1 aromatic heterocycles. The van der Waals surface area contributed by atoms with Crippen molar-refractivity contribution in [1.29, 1.82) is 0 Å². The molecule has 3 aromatic rings. The van der Waals surface area contributed by atoms with Crippen LogP contribution in [0.25, 0.3) is 5.69 Å². The van der Waals surface area contributed by atoms with Crippen molar-refractivity contribution in [3.63, 3.8) is 0 Å². The Bertz CT molecular complexity index is 1410. The topological polar surface area (TPSA) is 89.8 Å². The van der Waals surface area contributed by atoms with Gasteiger partial charge in [-0.1, -0.05) is 40.0 Å². The van der Waals surface area contributed by atoms with Gasteiger partial charge in [-0.2, -0.15) is 0 Å². The lowest BCUT2D eigenvalue weighted by Gasteiger charge is -2.35. The van der Waals surface area contributed by atoms with Crippen LogP contribution in [0.1, 0.15) is 53.5 Å². The van der Waals surface area contributed by atoms with Crippen LogP contribution in [-0.2, 0) is 22.4 Å². The molecule has 0 radical (unpaired) electrons. The van der Waals surface area contributed by atoms with Gasteiger partial charge in [0.15, 0.2) is 0 Å². The summed E-state index contributed by atoms with van der Waals surface area (Å²) in [7, 11) is 1.70. The Balaban J connectivity index is 1.50. The van der Waals surface area contributed by atoms with Gasteiger partial charge in [-0.15, -0.1) is 5.10 Å². The number of carbonyl (C=O) groups is 2. The van der Waals surface area contributed by atoms with Gasteiger partial charge in [0.25, 0.3) is 5.91 Å². The highest BCUT2D eigenvalue weighted by atomic mass is 35.5. The van der Waals surface area contributed by atoms with Crippen LogP contribution < -0.4 is 0 Å². The lowest BCUT2D eigenvalue weighted by Crippen LogP contribution is -2.49. The molecule has 4 rings (SSSR count). The van der Waals surface area contributed by atoms with Crippen molar-refractivity contribution in [2.45, 2.75) is 59.2 Å². The van der Waals surface area contributed by atoms with Crippen LogP contribution in [-0.4, -0.2) is 75.2 Å². The van der Waals surface area contributed by atoms with Crippen LogP contribution >= 0.6 is 34.8 Å². The van der Waals surface area contributed by atoms with E-state index in [-0.39, 0.29) is 11.9 Å². The molecule has 1 fully saturated rings. The van der Waals surface area contributed by atoms with Crippen LogP contribution in [0.3, 0.4) is 0 Å². The van der Waals surface area contributed by atoms with E-state index < -0.39 is 11.7 Å². The summed E-state index contributed by atoms with van der Waals surface area (Å²) < 4.78 is 12.7. The van der Waals surface area contributed by atoms with E-state index in [9.17, 15) is 9.59 Å². The molecule has 1 aliphatic heterocycles. The molecule has 0 saturated carbocycles. The van der Waals surface area contributed by atoms with Crippen molar-refractivity contribution in [3.05, 3.63) is 73.5 Å². The summed E-state index contributed by atoms with van der Waals surface area (Å²) in [6.07, 6.45) is 1.78. The highest BCUT2D eigenvalue weighted by Gasteiger charge is 2.30. The second kappa shape index (κ2) is 12.6. The number of carbonyl (C=O) groups excluding carboxylic acids is 2. The molecule has 0 bridgehead atoms. The normalized spacial score (nSPS) is 15.6. The number of ether oxygens (including phenoxy) is 2. The SMILES string of the molecule is Cc1cc(C(=O)N2CCOCC2Cc2cn(-c3c(Cl)cc(Cl)cc3Cl)nn2)cc(C)c1CN(C)C(=O)OC(C)(C)C. The minimum absolute atomic E-state index is 0.0901. The first kappa shape index (κ1) is 31.1. The third-order valence-electron chi connectivity index (χ3n) is 6.73. The van der Waals surface area contributed by atoms with Crippen LogP contribution in [0.2, 0.25) is 15.1 Å². The van der Waals surface area contributed by atoms with E-state index in [0.717, 1.165) is 16.7 Å². The van der Waals surface area contributed by atoms with Gasteiger partial charge in [0.1, 0.15) is 11.3 Å². The van der Waals surface area contributed by atoms with Crippen LogP contribution in [0.15, 0.2) is 30.5 Å². The number of rotatable bonds is 6. The number of benzene rings is 2. The number of nitrogens with zero attached hydrogens (tertiary/aromatic N) is 5. The Morgan fingerprint density at radius 1 is 1.10 bits per heavy atom. The third-order valence-corrected chi connectivity index (χ3v) is 7.52. The van der Waals surface area contributed by atoms with E-state index in [2.05, 4.69) is 10.3 Å². The highest BCUT2D eigenvalue weighted by molar-refractivity contribution is 6.40. The number of morpholine rings is 1. The second-order valence-corrected chi connectivity index (χ2v) is 12.5. The molecule has 12 heteroatoms. The fraction of sp³-hybridized carbons (Fsp3) is 0.448. The maximum Gasteiger partial charge on any atom is 0.410 e. The minimum atomic E-state index is -0.579. The molecule has 0 N–H and O–H groups in total. The second-order valence-electron chi connectivity index (χ2n) is 11.2. The summed E-state index contributed by atoms with van der Waals surface area (Å²) in [5.74, 6) is -0.0901. The van der Waals surface area contributed by atoms with Crippen LogP contribution in [0.5, 0.6) is 0 Å². The molecule has 1 saturated heterocycles. The molecule has 1 aliphatic rings. The zero-order chi connectivity index (χ0) is 30.1. The van der Waals surface area contributed by atoms with Crippen LogP contribution in [0.4, 0.5) is 4.79 Å². The Morgan fingerprint density at radius 3 is 2.34 bits per heavy atom. The monoisotopic (exact) mass is 621 g/mol. The molecule has 1 unspecified atom stereocenters. The Hall–Kier alpha value is -2.85. The van der Waals surface area contributed by atoms with Gasteiger partial charge in [0.05, 0.1) is 41.2 Å². The molecular weight excluding hydrogens is 589 g/mol. The van der Waals surface area contributed by atoms with Crippen molar-refractivity contribution >= 4 is 46.8 Å². The molecule has 2 amide bonds. The van der Waals surface area contributed by atoms with Gasteiger partial charge in [-0.05, 0) is 75.6 Å². The zero-order valence-electron chi connectivity index (χ0n) is 24.0. The molecule has 9 nitrogen and oxygen atoms in total. The van der Waals surface area contributed by atoms with Crippen molar-refractivity contribution < 1.29 is 19.1 Å². The van der Waals surface area contributed by atoms with E-state index in [1.165, 1.54) is 9.58 Å². The van der Waals surface area contributed by atoms with E-state index in [4.69, 9.17) is 44.3 Å². The molecule has 1 atom stereocenters. The number of hydrogen-bond donors (Lipinski definition) is 0. The van der Waals surface area contributed by atoms with Crippen molar-refractivity contribution in [2.75, 3.05) is 26.8 Å². The number of aryl methyl sites for hydroxylation is 2. The number of hydrogen-bond acceptors (Lipinski definition) is 6. The predicted molar refractivity (Wildman–Crippen MR) is 159 cm³/mol. The summed E-state index contributed by atoms with van der Waals surface area (Å²) in [6, 6.07) is 6.69. The fourth-order valence-corrected chi connectivity index (χ4v) is 5.75. The van der Waals surface area contributed by atoms with E-state index in [1.807, 2.05) is 51.7 Å². The molecule has 0 aliphatic carbocycles. The molecular formula is C29H34Cl3N5O4. The summed E-state index contributed by atoms with van der Waals surface area (Å²) in [4.78, 5) is 29.6. The predicted octanol–water partition coefficient (Wildman–Crippen LogP) is 6.29. The molecule has 0 spiro atoms. The van der Waals surface area contributed by atoms with E-state index in [1.54, 1.807) is 25.4 Å². The average Bonchev–Trinajstić information content (AvgIpc) is 3.32. The van der Waals surface area contributed by atoms with Gasteiger partial charge in [-0.3, -0.25) is 4.79 Å². The van der Waals surface area contributed by atoms with Gasteiger partial charge in [0, 0.05) is 37.1 Å². The van der Waals surface area contributed by atoms with Gasteiger partial charge >= 0.3 is 6.09 Å². The molecule has 2 heterocycles. The lowest BCUT2D eigenvalue weighted by molar-refractivity contribution is -0.00191. The number of halogens is 3. The van der Waals surface area contributed by atoms with E-state index >= 15 is 0 Å². The minimum Gasteiger partial charge on any atom is -0.444 e. The summed E-state index contributed by atoms with van der Waals surface area (Å²) in [6.45, 7) is 11.0. The first-order valence-electron chi connectivity index (χ1n) is 13.2.